The molecule has 0 radical (unpaired) electrons. The van der Waals surface area contributed by atoms with Crippen LogP contribution in [0.2, 0.25) is 0 Å². The van der Waals surface area contributed by atoms with Crippen LogP contribution in [0.25, 0.3) is 0 Å². The van der Waals surface area contributed by atoms with Gasteiger partial charge in [0.25, 0.3) is 6.04 Å². The Labute approximate surface area is 91.2 Å². The van der Waals surface area contributed by atoms with E-state index < -0.39 is 29.3 Å². The van der Waals surface area contributed by atoms with Gasteiger partial charge in [-0.15, -0.1) is 0 Å². The molecule has 0 amide bonds. The highest BCUT2D eigenvalue weighted by molar-refractivity contribution is 5.74. The molecule has 0 aliphatic carbocycles. The first-order chi connectivity index (χ1) is 7.56. The highest BCUT2D eigenvalue weighted by Gasteiger charge is 2.39. The fourth-order valence-electron chi connectivity index (χ4n) is 1.35. The smallest absolute Gasteiger partial charge is 0.342 e. The van der Waals surface area contributed by atoms with E-state index in [1.54, 1.807) is 0 Å². The molecule has 16 heavy (non-hydrogen) atoms. The molecule has 1 heterocycles. The molecule has 8 heteroatoms. The van der Waals surface area contributed by atoms with Crippen LogP contribution >= 0.6 is 0 Å². The van der Waals surface area contributed by atoms with Crippen molar-refractivity contribution < 1.29 is 29.0 Å². The number of carbonyl (C=O) groups excluding carboxylic acids is 1. The van der Waals surface area contributed by atoms with Gasteiger partial charge in [0.2, 0.25) is 6.10 Å². The molecular weight excluding hydrogens is 222 g/mol. The van der Waals surface area contributed by atoms with E-state index in [-0.39, 0.29) is 6.42 Å². The zero-order valence-corrected chi connectivity index (χ0v) is 8.70. The number of nitrogens with zero attached hydrogens (tertiary/aromatic N) is 1. The van der Waals surface area contributed by atoms with Crippen LogP contribution in [-0.2, 0) is 19.0 Å². The van der Waals surface area contributed by atoms with Crippen LogP contribution in [0, 0.1) is 10.1 Å². The first kappa shape index (κ1) is 12.8. The average Bonchev–Trinajstić information content (AvgIpc) is 2.76. The van der Waals surface area contributed by atoms with Crippen molar-refractivity contribution in [3.05, 3.63) is 10.1 Å². The Hall–Kier alpha value is -1.25. The molecule has 2 unspecified atom stereocenters. The Morgan fingerprint density at radius 1 is 1.62 bits per heavy atom. The van der Waals surface area contributed by atoms with Gasteiger partial charge in [-0.05, 0) is 0 Å². The summed E-state index contributed by atoms with van der Waals surface area (Å²) >= 11 is 0. The summed E-state index contributed by atoms with van der Waals surface area (Å²) in [4.78, 5) is 20.9. The fourth-order valence-corrected chi connectivity index (χ4v) is 1.35. The maximum absolute atomic E-state index is 11.0. The molecule has 0 bridgehead atoms. The number of hydrogen-bond donors (Lipinski definition) is 1. The number of rotatable bonds is 5. The highest BCUT2D eigenvalue weighted by Crippen LogP contribution is 2.15. The van der Waals surface area contributed by atoms with Crippen LogP contribution in [0.5, 0.6) is 0 Å². The standard InChI is InChI=1S/C8H13NO7/c1-14-8(11)7(10)5(9(12)13)4-6-15-2-3-16-6/h5-7,10H,2-4H2,1H3. The molecule has 2 atom stereocenters. The number of hydrogen-bond acceptors (Lipinski definition) is 7. The third kappa shape index (κ3) is 3.12. The topological polar surface area (TPSA) is 108 Å². The molecule has 8 nitrogen and oxygen atoms in total. The molecule has 1 rings (SSSR count). The molecule has 0 spiro atoms. The van der Waals surface area contributed by atoms with E-state index in [1.165, 1.54) is 0 Å². The van der Waals surface area contributed by atoms with E-state index >= 15 is 0 Å². The molecular formula is C8H13NO7. The molecule has 0 aromatic carbocycles. The molecule has 1 N–H and O–H groups in total. The van der Waals surface area contributed by atoms with Crippen LogP contribution in [0.3, 0.4) is 0 Å². The second-order valence-electron chi connectivity index (χ2n) is 3.23. The minimum absolute atomic E-state index is 0.191. The summed E-state index contributed by atoms with van der Waals surface area (Å²) in [5.41, 5.74) is 0. The van der Waals surface area contributed by atoms with Gasteiger partial charge in [0.15, 0.2) is 6.29 Å². The van der Waals surface area contributed by atoms with E-state index in [0.717, 1.165) is 7.11 Å². The minimum Gasteiger partial charge on any atom is -0.467 e. The van der Waals surface area contributed by atoms with Crippen molar-refractivity contribution in [1.29, 1.82) is 0 Å². The van der Waals surface area contributed by atoms with Crippen LogP contribution in [0.4, 0.5) is 0 Å². The van der Waals surface area contributed by atoms with E-state index in [0.29, 0.717) is 13.2 Å². The number of nitro groups is 1. The van der Waals surface area contributed by atoms with Crippen LogP contribution in [-0.4, -0.2) is 54.8 Å². The maximum atomic E-state index is 11.0. The van der Waals surface area contributed by atoms with Crippen LogP contribution in [0.15, 0.2) is 0 Å². The molecule has 0 aromatic heterocycles. The van der Waals surface area contributed by atoms with Gasteiger partial charge in [-0.1, -0.05) is 0 Å². The first-order valence-electron chi connectivity index (χ1n) is 4.69. The predicted molar refractivity (Wildman–Crippen MR) is 49.1 cm³/mol. The third-order valence-electron chi connectivity index (χ3n) is 2.20. The molecule has 1 aliphatic rings. The van der Waals surface area contributed by atoms with E-state index in [9.17, 15) is 20.0 Å². The number of aliphatic hydroxyl groups is 1. The van der Waals surface area contributed by atoms with Crippen molar-refractivity contribution in [2.24, 2.45) is 0 Å². The summed E-state index contributed by atoms with van der Waals surface area (Å²) < 4.78 is 14.2. The Balaban J connectivity index is 2.59. The molecule has 1 saturated heterocycles. The summed E-state index contributed by atoms with van der Waals surface area (Å²) in [5, 5.41) is 20.1. The predicted octanol–water partition coefficient (Wildman–Crippen LogP) is -1.07. The summed E-state index contributed by atoms with van der Waals surface area (Å²) in [6, 6.07) is -1.49. The first-order valence-corrected chi connectivity index (χ1v) is 4.69. The molecule has 1 aliphatic heterocycles. The van der Waals surface area contributed by atoms with Crippen molar-refractivity contribution in [1.82, 2.24) is 0 Å². The van der Waals surface area contributed by atoms with Gasteiger partial charge in [-0.3, -0.25) is 10.1 Å². The quantitative estimate of drug-likeness (QED) is 0.367. The molecule has 92 valence electrons. The summed E-state index contributed by atoms with van der Waals surface area (Å²) in [5.74, 6) is -1.04. The Kier molecular flexibility index (Phi) is 4.59. The molecule has 0 aromatic rings. The lowest BCUT2D eigenvalue weighted by Gasteiger charge is -2.16. The highest BCUT2D eigenvalue weighted by atomic mass is 16.7. The van der Waals surface area contributed by atoms with Crippen molar-refractivity contribution in [3.63, 3.8) is 0 Å². The van der Waals surface area contributed by atoms with Gasteiger partial charge in [0.05, 0.1) is 26.7 Å². The number of methoxy groups -OCH3 is 1. The van der Waals surface area contributed by atoms with Crippen LogP contribution < -0.4 is 0 Å². The molecule has 0 saturated carbocycles. The van der Waals surface area contributed by atoms with Gasteiger partial charge in [0.1, 0.15) is 0 Å². The van der Waals surface area contributed by atoms with Crippen LogP contribution in [0.1, 0.15) is 6.42 Å². The lowest BCUT2D eigenvalue weighted by Crippen LogP contribution is -2.42. The summed E-state index contributed by atoms with van der Waals surface area (Å²) in [6.45, 7) is 0.701. The Morgan fingerprint density at radius 3 is 2.62 bits per heavy atom. The number of esters is 1. The van der Waals surface area contributed by atoms with E-state index in [2.05, 4.69) is 4.74 Å². The van der Waals surface area contributed by atoms with Gasteiger partial charge in [-0.25, -0.2) is 4.79 Å². The van der Waals surface area contributed by atoms with Gasteiger partial charge in [-0.2, -0.15) is 0 Å². The summed E-state index contributed by atoms with van der Waals surface area (Å²) in [6.07, 6.45) is -2.76. The number of carbonyl (C=O) groups is 1. The van der Waals surface area contributed by atoms with E-state index in [1.807, 2.05) is 0 Å². The van der Waals surface area contributed by atoms with Crippen molar-refractivity contribution in [2.75, 3.05) is 20.3 Å². The number of aliphatic hydroxyl groups excluding tert-OH is 1. The zero-order valence-electron chi connectivity index (χ0n) is 8.70. The zero-order chi connectivity index (χ0) is 12.1. The Morgan fingerprint density at radius 2 is 2.19 bits per heavy atom. The monoisotopic (exact) mass is 235 g/mol. The molecule has 1 fully saturated rings. The van der Waals surface area contributed by atoms with Gasteiger partial charge >= 0.3 is 5.97 Å². The fraction of sp³-hybridized carbons (Fsp3) is 0.875. The maximum Gasteiger partial charge on any atom is 0.342 e. The van der Waals surface area contributed by atoms with Crippen molar-refractivity contribution >= 4 is 5.97 Å². The number of ether oxygens (including phenoxy) is 3. The minimum atomic E-state index is -1.81. The van der Waals surface area contributed by atoms with Crippen molar-refractivity contribution in [2.45, 2.75) is 24.9 Å². The second kappa shape index (κ2) is 5.73. The van der Waals surface area contributed by atoms with E-state index in [4.69, 9.17) is 9.47 Å². The SMILES string of the molecule is COC(=O)C(O)C(CC1OCCO1)[N+](=O)[O-]. The van der Waals surface area contributed by atoms with Crippen molar-refractivity contribution in [3.8, 4) is 0 Å². The third-order valence-corrected chi connectivity index (χ3v) is 2.20. The van der Waals surface area contributed by atoms with Gasteiger partial charge < -0.3 is 19.3 Å². The average molecular weight is 235 g/mol. The largest absolute Gasteiger partial charge is 0.467 e. The second-order valence-corrected chi connectivity index (χ2v) is 3.23. The normalized spacial score (nSPS) is 20.4. The lowest BCUT2D eigenvalue weighted by atomic mass is 10.1. The summed E-state index contributed by atoms with van der Waals surface area (Å²) in [7, 11) is 1.05. The lowest BCUT2D eigenvalue weighted by molar-refractivity contribution is -0.535. The Bertz CT molecular complexity index is 263. The van der Waals surface area contributed by atoms with Gasteiger partial charge in [0, 0.05) is 4.92 Å².